The fourth-order valence-corrected chi connectivity index (χ4v) is 3.59. The topological polar surface area (TPSA) is 42.4 Å². The Morgan fingerprint density at radius 2 is 1.90 bits per heavy atom. The van der Waals surface area contributed by atoms with Gasteiger partial charge in [-0.25, -0.2) is 0 Å². The molecule has 112 valence electrons. The van der Waals surface area contributed by atoms with E-state index in [1.807, 2.05) is 30.5 Å². The second-order valence-electron chi connectivity index (χ2n) is 5.99. The van der Waals surface area contributed by atoms with Crippen LogP contribution in [0.1, 0.15) is 43.8 Å². The van der Waals surface area contributed by atoms with Crippen molar-refractivity contribution in [2.24, 2.45) is 5.92 Å². The van der Waals surface area contributed by atoms with Gasteiger partial charge in [0.2, 0.25) is 0 Å². The fourth-order valence-electron chi connectivity index (χ4n) is 3.59. The van der Waals surface area contributed by atoms with Crippen molar-refractivity contribution in [1.82, 2.24) is 4.98 Å². The third kappa shape index (κ3) is 2.94. The molecule has 2 aromatic rings. The van der Waals surface area contributed by atoms with E-state index >= 15 is 0 Å². The van der Waals surface area contributed by atoms with Crippen molar-refractivity contribution in [1.29, 1.82) is 0 Å². The van der Waals surface area contributed by atoms with Crippen LogP contribution in [-0.2, 0) is 4.74 Å². The molecule has 1 aliphatic carbocycles. The summed E-state index contributed by atoms with van der Waals surface area (Å²) in [7, 11) is 1.71. The first-order valence-electron chi connectivity index (χ1n) is 7.85. The number of ether oxygens (including phenoxy) is 1. The molecule has 0 spiro atoms. The maximum Gasteiger partial charge on any atom is 0.107 e. The number of rotatable bonds is 4. The zero-order valence-electron chi connectivity index (χ0n) is 12.5. The van der Waals surface area contributed by atoms with Crippen LogP contribution in [0.2, 0.25) is 0 Å². The molecule has 3 rings (SSSR count). The van der Waals surface area contributed by atoms with Crippen molar-refractivity contribution < 1.29 is 9.84 Å². The number of pyridine rings is 1. The van der Waals surface area contributed by atoms with Gasteiger partial charge in [-0.05, 0) is 24.1 Å². The Morgan fingerprint density at radius 3 is 2.67 bits per heavy atom. The number of benzene rings is 1. The molecule has 1 N–H and O–H groups in total. The highest BCUT2D eigenvalue weighted by atomic mass is 16.5. The molecule has 0 aliphatic heterocycles. The molecule has 2 atom stereocenters. The third-order valence-electron chi connectivity index (χ3n) is 4.72. The summed E-state index contributed by atoms with van der Waals surface area (Å²) in [5.41, 5.74) is 0.880. The molecule has 3 heteroatoms. The molecule has 1 saturated carbocycles. The Morgan fingerprint density at radius 1 is 1.14 bits per heavy atom. The molecule has 0 amide bonds. The Bertz CT molecular complexity index is 587. The molecule has 1 fully saturated rings. The maximum atomic E-state index is 10.9. The van der Waals surface area contributed by atoms with E-state index in [4.69, 9.17) is 4.74 Å². The van der Waals surface area contributed by atoms with Gasteiger partial charge in [-0.2, -0.15) is 0 Å². The second kappa shape index (κ2) is 6.54. The van der Waals surface area contributed by atoms with E-state index < -0.39 is 6.10 Å². The Hall–Kier alpha value is -1.45. The van der Waals surface area contributed by atoms with Crippen molar-refractivity contribution in [3.63, 3.8) is 0 Å². The lowest BCUT2D eigenvalue weighted by molar-refractivity contribution is -0.0554. The minimum absolute atomic E-state index is 0.141. The number of aromatic nitrogens is 1. The lowest BCUT2D eigenvalue weighted by atomic mass is 9.81. The standard InChI is InChI=1S/C18H23NO2/c1-21-18(13-7-3-2-4-8-13)17(20)16-12-19-11-14-9-5-6-10-15(14)16/h5-6,9-13,17-18,20H,2-4,7-8H2,1H3. The molecule has 1 aliphatic rings. The van der Waals surface area contributed by atoms with Crippen LogP contribution in [0.15, 0.2) is 36.7 Å². The molecule has 3 nitrogen and oxygen atoms in total. The predicted molar refractivity (Wildman–Crippen MR) is 84.1 cm³/mol. The van der Waals surface area contributed by atoms with Gasteiger partial charge in [0.25, 0.3) is 0 Å². The normalized spacial score (nSPS) is 19.5. The number of hydrogen-bond acceptors (Lipinski definition) is 3. The van der Waals surface area contributed by atoms with E-state index in [1.54, 1.807) is 13.3 Å². The number of methoxy groups -OCH3 is 1. The van der Waals surface area contributed by atoms with E-state index in [0.29, 0.717) is 5.92 Å². The van der Waals surface area contributed by atoms with Gasteiger partial charge in [-0.15, -0.1) is 0 Å². The van der Waals surface area contributed by atoms with E-state index in [-0.39, 0.29) is 6.10 Å². The molecule has 21 heavy (non-hydrogen) atoms. The number of nitrogens with zero attached hydrogens (tertiary/aromatic N) is 1. The molecular formula is C18H23NO2. The van der Waals surface area contributed by atoms with Crippen molar-refractivity contribution in [2.45, 2.75) is 44.3 Å². The number of fused-ring (bicyclic) bond motifs is 1. The van der Waals surface area contributed by atoms with Crippen molar-refractivity contribution >= 4 is 10.8 Å². The monoisotopic (exact) mass is 285 g/mol. The lowest BCUT2D eigenvalue weighted by Gasteiger charge is -2.32. The van der Waals surface area contributed by atoms with Crippen LogP contribution in [0.4, 0.5) is 0 Å². The SMILES string of the molecule is COC(C1CCCCC1)C(O)c1cncc2ccccc12. The molecule has 0 radical (unpaired) electrons. The quantitative estimate of drug-likeness (QED) is 0.927. The highest BCUT2D eigenvalue weighted by molar-refractivity contribution is 5.84. The van der Waals surface area contributed by atoms with Crippen molar-refractivity contribution in [3.8, 4) is 0 Å². The number of aliphatic hydroxyl groups is 1. The summed E-state index contributed by atoms with van der Waals surface area (Å²) in [4.78, 5) is 4.28. The van der Waals surface area contributed by atoms with Gasteiger partial charge in [-0.1, -0.05) is 43.5 Å². The van der Waals surface area contributed by atoms with Gasteiger partial charge < -0.3 is 9.84 Å². The summed E-state index contributed by atoms with van der Waals surface area (Å²) >= 11 is 0. The minimum Gasteiger partial charge on any atom is -0.386 e. The average molecular weight is 285 g/mol. The largest absolute Gasteiger partial charge is 0.386 e. The van der Waals surface area contributed by atoms with Crippen molar-refractivity contribution in [3.05, 3.63) is 42.2 Å². The first kappa shape index (κ1) is 14.5. The molecule has 1 aromatic carbocycles. The minimum atomic E-state index is -0.614. The van der Waals surface area contributed by atoms with Gasteiger partial charge in [0.05, 0.1) is 6.10 Å². The summed E-state index contributed by atoms with van der Waals surface area (Å²) < 4.78 is 5.68. The van der Waals surface area contributed by atoms with Crippen LogP contribution >= 0.6 is 0 Å². The van der Waals surface area contributed by atoms with Gasteiger partial charge in [0, 0.05) is 30.5 Å². The number of aliphatic hydroxyl groups excluding tert-OH is 1. The smallest absolute Gasteiger partial charge is 0.107 e. The Labute approximate surface area is 126 Å². The zero-order chi connectivity index (χ0) is 14.7. The molecule has 1 aromatic heterocycles. The van der Waals surface area contributed by atoms with Crippen LogP contribution in [0.25, 0.3) is 10.8 Å². The summed E-state index contributed by atoms with van der Waals surface area (Å²) in [6.45, 7) is 0. The van der Waals surface area contributed by atoms with E-state index in [1.165, 1.54) is 19.3 Å². The van der Waals surface area contributed by atoms with Crippen molar-refractivity contribution in [2.75, 3.05) is 7.11 Å². The molecule has 1 heterocycles. The summed E-state index contributed by atoms with van der Waals surface area (Å²) in [5.74, 6) is 0.442. The van der Waals surface area contributed by atoms with Gasteiger partial charge >= 0.3 is 0 Å². The van der Waals surface area contributed by atoms with Crippen LogP contribution < -0.4 is 0 Å². The fraction of sp³-hybridized carbons (Fsp3) is 0.500. The van der Waals surface area contributed by atoms with Crippen LogP contribution in [-0.4, -0.2) is 23.3 Å². The predicted octanol–water partition coefficient (Wildman–Crippen LogP) is 3.86. The second-order valence-corrected chi connectivity index (χ2v) is 5.99. The highest BCUT2D eigenvalue weighted by Gasteiger charge is 2.31. The molecule has 2 unspecified atom stereocenters. The summed E-state index contributed by atoms with van der Waals surface area (Å²) in [6, 6.07) is 8.07. The Kier molecular flexibility index (Phi) is 4.51. The lowest BCUT2D eigenvalue weighted by Crippen LogP contribution is -2.31. The zero-order valence-corrected chi connectivity index (χ0v) is 12.5. The Balaban J connectivity index is 1.92. The van der Waals surface area contributed by atoms with Gasteiger partial charge in [0.15, 0.2) is 0 Å². The van der Waals surface area contributed by atoms with E-state index in [2.05, 4.69) is 4.98 Å². The average Bonchev–Trinajstić information content (AvgIpc) is 2.56. The number of hydrogen-bond donors (Lipinski definition) is 1. The van der Waals surface area contributed by atoms with E-state index in [0.717, 1.165) is 29.2 Å². The van der Waals surface area contributed by atoms with Crippen LogP contribution in [0.5, 0.6) is 0 Å². The van der Waals surface area contributed by atoms with E-state index in [9.17, 15) is 5.11 Å². The molecule has 0 saturated heterocycles. The van der Waals surface area contributed by atoms with Crippen LogP contribution in [0.3, 0.4) is 0 Å². The third-order valence-corrected chi connectivity index (χ3v) is 4.72. The van der Waals surface area contributed by atoms with Crippen LogP contribution in [0, 0.1) is 5.92 Å². The first-order chi connectivity index (χ1) is 10.3. The first-order valence-corrected chi connectivity index (χ1v) is 7.85. The highest BCUT2D eigenvalue weighted by Crippen LogP contribution is 2.35. The summed E-state index contributed by atoms with van der Waals surface area (Å²) in [5, 5.41) is 13.0. The van der Waals surface area contributed by atoms with Gasteiger partial charge in [0.1, 0.15) is 6.10 Å². The summed E-state index contributed by atoms with van der Waals surface area (Å²) in [6.07, 6.45) is 8.95. The molecule has 0 bridgehead atoms. The van der Waals surface area contributed by atoms with Gasteiger partial charge in [-0.3, -0.25) is 4.98 Å². The molecular weight excluding hydrogens is 262 g/mol. The maximum absolute atomic E-state index is 10.9.